The summed E-state index contributed by atoms with van der Waals surface area (Å²) in [4.78, 5) is 36.3. The molecule has 1 unspecified atom stereocenters. The number of ether oxygens (including phenoxy) is 1. The third kappa shape index (κ3) is 5.91. The summed E-state index contributed by atoms with van der Waals surface area (Å²) in [7, 11) is 0. The summed E-state index contributed by atoms with van der Waals surface area (Å²) in [6.45, 7) is 1.55. The SMILES string of the molecule is CC(OC(=O)CCC(=O)c1ccc(Cl)s1)C(=O)NC1CCCCC1. The van der Waals surface area contributed by atoms with Crippen LogP contribution in [0.2, 0.25) is 4.34 Å². The molecular formula is C17H22ClNO4S. The molecule has 1 amide bonds. The first-order chi connectivity index (χ1) is 11.5. The number of thiophene rings is 1. The summed E-state index contributed by atoms with van der Waals surface area (Å²) in [5.74, 6) is -0.966. The van der Waals surface area contributed by atoms with Crippen LogP contribution in [0, 0.1) is 0 Å². The number of carbonyl (C=O) groups excluding carboxylic acids is 3. The third-order valence-electron chi connectivity index (χ3n) is 4.03. The van der Waals surface area contributed by atoms with E-state index in [1.165, 1.54) is 17.8 Å². The number of ketones is 1. The highest BCUT2D eigenvalue weighted by molar-refractivity contribution is 7.18. The van der Waals surface area contributed by atoms with Gasteiger partial charge < -0.3 is 10.1 Å². The monoisotopic (exact) mass is 371 g/mol. The molecule has 0 radical (unpaired) electrons. The molecule has 1 atom stereocenters. The number of rotatable bonds is 7. The zero-order valence-corrected chi connectivity index (χ0v) is 15.3. The van der Waals surface area contributed by atoms with E-state index >= 15 is 0 Å². The minimum atomic E-state index is -0.842. The van der Waals surface area contributed by atoms with Crippen LogP contribution in [0.3, 0.4) is 0 Å². The van der Waals surface area contributed by atoms with Crippen LogP contribution in [0.25, 0.3) is 0 Å². The Hall–Kier alpha value is -1.40. The molecule has 1 aromatic heterocycles. The maximum atomic E-state index is 12.0. The van der Waals surface area contributed by atoms with Crippen LogP contribution in [-0.2, 0) is 14.3 Å². The van der Waals surface area contributed by atoms with Crippen LogP contribution in [0.4, 0.5) is 0 Å². The van der Waals surface area contributed by atoms with Crippen molar-refractivity contribution in [1.29, 1.82) is 0 Å². The number of hydrogen-bond acceptors (Lipinski definition) is 5. The largest absolute Gasteiger partial charge is 0.453 e. The second-order valence-corrected chi connectivity index (χ2v) is 7.72. The lowest BCUT2D eigenvalue weighted by molar-refractivity contribution is -0.155. The van der Waals surface area contributed by atoms with Gasteiger partial charge in [-0.25, -0.2) is 0 Å². The molecule has 0 bridgehead atoms. The Morgan fingerprint density at radius 3 is 2.58 bits per heavy atom. The van der Waals surface area contributed by atoms with E-state index in [0.717, 1.165) is 25.7 Å². The van der Waals surface area contributed by atoms with Crippen LogP contribution in [0.15, 0.2) is 12.1 Å². The van der Waals surface area contributed by atoms with Gasteiger partial charge in [0.1, 0.15) is 0 Å². The van der Waals surface area contributed by atoms with Crippen molar-refractivity contribution in [2.75, 3.05) is 0 Å². The fourth-order valence-electron chi connectivity index (χ4n) is 2.68. The van der Waals surface area contributed by atoms with Gasteiger partial charge in [-0.1, -0.05) is 30.9 Å². The summed E-state index contributed by atoms with van der Waals surface area (Å²) in [6, 6.07) is 3.47. The van der Waals surface area contributed by atoms with Crippen molar-refractivity contribution in [3.63, 3.8) is 0 Å². The van der Waals surface area contributed by atoms with Gasteiger partial charge in [-0.15, -0.1) is 11.3 Å². The zero-order chi connectivity index (χ0) is 17.5. The van der Waals surface area contributed by atoms with Gasteiger partial charge in [-0.05, 0) is 31.9 Å². The third-order valence-corrected chi connectivity index (χ3v) is 5.31. The molecule has 1 heterocycles. The molecule has 0 aliphatic heterocycles. The topological polar surface area (TPSA) is 72.5 Å². The van der Waals surface area contributed by atoms with Gasteiger partial charge in [-0.3, -0.25) is 14.4 Å². The smallest absolute Gasteiger partial charge is 0.307 e. The minimum absolute atomic E-state index is 0.0462. The highest BCUT2D eigenvalue weighted by Gasteiger charge is 2.22. The molecule has 0 aromatic carbocycles. The minimum Gasteiger partial charge on any atom is -0.453 e. The van der Waals surface area contributed by atoms with Gasteiger partial charge in [-0.2, -0.15) is 0 Å². The van der Waals surface area contributed by atoms with Crippen molar-refractivity contribution >= 4 is 40.6 Å². The molecule has 24 heavy (non-hydrogen) atoms. The van der Waals surface area contributed by atoms with Crippen LogP contribution < -0.4 is 5.32 Å². The lowest BCUT2D eigenvalue weighted by atomic mass is 9.95. The fraction of sp³-hybridized carbons (Fsp3) is 0.588. The highest BCUT2D eigenvalue weighted by atomic mass is 35.5. The first-order valence-electron chi connectivity index (χ1n) is 8.24. The predicted octanol–water partition coefficient (Wildman–Crippen LogP) is 3.75. The second-order valence-electron chi connectivity index (χ2n) is 6.00. The fourth-order valence-corrected chi connectivity index (χ4v) is 3.69. The normalized spacial score (nSPS) is 16.4. The molecule has 1 N–H and O–H groups in total. The average Bonchev–Trinajstić information content (AvgIpc) is 3.00. The number of amides is 1. The van der Waals surface area contributed by atoms with Gasteiger partial charge in [0, 0.05) is 12.5 Å². The molecule has 1 aliphatic carbocycles. The summed E-state index contributed by atoms with van der Waals surface area (Å²) in [5.41, 5.74) is 0. The summed E-state index contributed by atoms with van der Waals surface area (Å²) < 4.78 is 5.66. The Bertz CT molecular complexity index is 595. The van der Waals surface area contributed by atoms with Crippen molar-refractivity contribution in [2.45, 2.75) is 64.0 Å². The average molecular weight is 372 g/mol. The van der Waals surface area contributed by atoms with E-state index in [2.05, 4.69) is 5.32 Å². The van der Waals surface area contributed by atoms with Crippen LogP contribution >= 0.6 is 22.9 Å². The highest BCUT2D eigenvalue weighted by Crippen LogP contribution is 2.23. The number of Topliss-reactive ketones (excluding diaryl/α,β-unsaturated/α-hetero) is 1. The molecule has 1 saturated carbocycles. The van der Waals surface area contributed by atoms with Crippen molar-refractivity contribution < 1.29 is 19.1 Å². The second kappa shape index (κ2) is 9.18. The molecule has 1 aromatic rings. The first-order valence-corrected chi connectivity index (χ1v) is 9.43. The summed E-state index contributed by atoms with van der Waals surface area (Å²) >= 11 is 6.97. The standard InChI is InChI=1S/C17H22ClNO4S/c1-11(17(22)19-12-5-3-2-4-6-12)23-16(21)10-7-13(20)14-8-9-15(18)24-14/h8-9,11-12H,2-7,10H2,1H3,(H,19,22). The maximum Gasteiger partial charge on any atom is 0.307 e. The van der Waals surface area contributed by atoms with Gasteiger partial charge >= 0.3 is 5.97 Å². The summed E-state index contributed by atoms with van der Waals surface area (Å²) in [6.07, 6.45) is 4.56. The van der Waals surface area contributed by atoms with Crippen LogP contribution in [0.1, 0.15) is 61.5 Å². The molecule has 1 aliphatic rings. The van der Waals surface area contributed by atoms with Gasteiger partial charge in [0.15, 0.2) is 11.9 Å². The Morgan fingerprint density at radius 1 is 1.25 bits per heavy atom. The number of esters is 1. The van der Waals surface area contributed by atoms with E-state index in [9.17, 15) is 14.4 Å². The van der Waals surface area contributed by atoms with Crippen molar-refractivity contribution in [2.24, 2.45) is 0 Å². The number of nitrogens with one attached hydrogen (secondary N) is 1. The van der Waals surface area contributed by atoms with Crippen LogP contribution in [-0.4, -0.2) is 29.8 Å². The first kappa shape index (κ1) is 18.9. The molecule has 1 fully saturated rings. The zero-order valence-electron chi connectivity index (χ0n) is 13.7. The van der Waals surface area contributed by atoms with Crippen molar-refractivity contribution in [3.05, 3.63) is 21.3 Å². The predicted molar refractivity (Wildman–Crippen MR) is 93.5 cm³/mol. The Kier molecular flexibility index (Phi) is 7.24. The molecule has 2 rings (SSSR count). The molecule has 7 heteroatoms. The van der Waals surface area contributed by atoms with Crippen molar-refractivity contribution in [3.8, 4) is 0 Å². The van der Waals surface area contributed by atoms with E-state index in [1.54, 1.807) is 19.1 Å². The lowest BCUT2D eigenvalue weighted by Crippen LogP contribution is -2.42. The lowest BCUT2D eigenvalue weighted by Gasteiger charge is -2.24. The number of halogens is 1. The number of hydrogen-bond donors (Lipinski definition) is 1. The van der Waals surface area contributed by atoms with Gasteiger partial charge in [0.25, 0.3) is 5.91 Å². The van der Waals surface area contributed by atoms with E-state index < -0.39 is 12.1 Å². The molecule has 0 spiro atoms. The quantitative estimate of drug-likeness (QED) is 0.585. The van der Waals surface area contributed by atoms with E-state index in [1.807, 2.05) is 0 Å². The van der Waals surface area contributed by atoms with E-state index in [-0.39, 0.29) is 30.6 Å². The molecule has 132 valence electrons. The number of carbonyl (C=O) groups is 3. The summed E-state index contributed by atoms with van der Waals surface area (Å²) in [5, 5.41) is 2.92. The maximum absolute atomic E-state index is 12.0. The molecule has 5 nitrogen and oxygen atoms in total. The Morgan fingerprint density at radius 2 is 1.96 bits per heavy atom. The van der Waals surface area contributed by atoms with Crippen LogP contribution in [0.5, 0.6) is 0 Å². The van der Waals surface area contributed by atoms with Gasteiger partial charge in [0.05, 0.1) is 15.6 Å². The van der Waals surface area contributed by atoms with Gasteiger partial charge in [0.2, 0.25) is 0 Å². The molecule has 0 saturated heterocycles. The van der Waals surface area contributed by atoms with E-state index in [0.29, 0.717) is 9.21 Å². The van der Waals surface area contributed by atoms with Crippen molar-refractivity contribution in [1.82, 2.24) is 5.32 Å². The Balaban J connectivity index is 1.70. The Labute approximate surface area is 150 Å². The van der Waals surface area contributed by atoms with E-state index in [4.69, 9.17) is 16.3 Å². The molecular weight excluding hydrogens is 350 g/mol.